The van der Waals surface area contributed by atoms with Crippen LogP contribution in [0, 0.1) is 0 Å². The summed E-state index contributed by atoms with van der Waals surface area (Å²) in [6.45, 7) is 2.85. The molecule has 0 saturated heterocycles. The largest absolute Gasteiger partial charge is 0.494 e. The first kappa shape index (κ1) is 20.5. The van der Waals surface area contributed by atoms with Gasteiger partial charge in [0, 0.05) is 25.3 Å². The van der Waals surface area contributed by atoms with E-state index in [1.807, 2.05) is 24.3 Å². The van der Waals surface area contributed by atoms with Gasteiger partial charge in [-0.05, 0) is 48.4 Å². The van der Waals surface area contributed by atoms with Gasteiger partial charge < -0.3 is 15.0 Å². The number of nitrogens with zero attached hydrogens (tertiary/aromatic N) is 1. The van der Waals surface area contributed by atoms with Crippen LogP contribution in [0.4, 0.5) is 5.69 Å². The van der Waals surface area contributed by atoms with Crippen molar-refractivity contribution >= 4 is 17.5 Å². The Labute approximate surface area is 161 Å². The van der Waals surface area contributed by atoms with E-state index in [0.717, 1.165) is 30.6 Å². The van der Waals surface area contributed by atoms with E-state index < -0.39 is 0 Å². The highest BCUT2D eigenvalue weighted by Crippen LogP contribution is 2.16. The molecule has 0 heterocycles. The van der Waals surface area contributed by atoms with Crippen LogP contribution in [-0.2, 0) is 11.2 Å². The molecule has 0 spiro atoms. The predicted octanol–water partition coefficient (Wildman–Crippen LogP) is 4.14. The minimum Gasteiger partial charge on any atom is -0.494 e. The first-order valence-corrected chi connectivity index (χ1v) is 9.33. The second-order valence-electron chi connectivity index (χ2n) is 6.70. The van der Waals surface area contributed by atoms with E-state index in [2.05, 4.69) is 12.2 Å². The van der Waals surface area contributed by atoms with Gasteiger partial charge in [-0.15, -0.1) is 0 Å². The van der Waals surface area contributed by atoms with Gasteiger partial charge in [0.05, 0.1) is 13.0 Å². The van der Waals surface area contributed by atoms with Crippen LogP contribution in [0.2, 0.25) is 0 Å². The standard InChI is InChI=1S/C22H28N2O3/c1-4-5-6-15-27-20-13-9-18(10-14-20)22(26)23-19-11-7-17(8-12-19)16-21(25)24(2)3/h7-14H,4-6,15-16H2,1-3H3,(H,23,26). The van der Waals surface area contributed by atoms with Crippen LogP contribution in [0.5, 0.6) is 5.75 Å². The van der Waals surface area contributed by atoms with Crippen molar-refractivity contribution in [3.63, 3.8) is 0 Å². The van der Waals surface area contributed by atoms with Crippen LogP contribution >= 0.6 is 0 Å². The Hall–Kier alpha value is -2.82. The molecule has 2 amide bonds. The summed E-state index contributed by atoms with van der Waals surface area (Å²) in [5.74, 6) is 0.644. The molecule has 0 radical (unpaired) electrons. The van der Waals surface area contributed by atoms with Crippen molar-refractivity contribution in [1.29, 1.82) is 0 Å². The Kier molecular flexibility index (Phi) is 7.86. The molecular formula is C22H28N2O3. The zero-order valence-corrected chi connectivity index (χ0v) is 16.3. The Morgan fingerprint density at radius 1 is 0.963 bits per heavy atom. The molecule has 1 N–H and O–H groups in total. The van der Waals surface area contributed by atoms with Gasteiger partial charge in [-0.1, -0.05) is 31.9 Å². The first-order chi connectivity index (χ1) is 13.0. The van der Waals surface area contributed by atoms with Crippen LogP contribution in [-0.4, -0.2) is 37.4 Å². The monoisotopic (exact) mass is 368 g/mol. The number of ether oxygens (including phenoxy) is 1. The lowest BCUT2D eigenvalue weighted by atomic mass is 10.1. The van der Waals surface area contributed by atoms with Crippen LogP contribution in [0.3, 0.4) is 0 Å². The maximum atomic E-state index is 12.4. The number of unbranched alkanes of at least 4 members (excludes halogenated alkanes) is 2. The summed E-state index contributed by atoms with van der Waals surface area (Å²) in [6.07, 6.45) is 3.70. The van der Waals surface area contributed by atoms with E-state index in [-0.39, 0.29) is 11.8 Å². The average molecular weight is 368 g/mol. The Bertz CT molecular complexity index is 737. The van der Waals surface area contributed by atoms with E-state index in [1.54, 1.807) is 43.3 Å². The fourth-order valence-corrected chi connectivity index (χ4v) is 2.49. The number of carbonyl (C=O) groups excluding carboxylic acids is 2. The minimum atomic E-state index is -0.176. The molecule has 2 aromatic rings. The molecule has 0 aliphatic carbocycles. The molecule has 5 nitrogen and oxygen atoms in total. The summed E-state index contributed by atoms with van der Waals surface area (Å²) in [4.78, 5) is 25.7. The zero-order chi connectivity index (χ0) is 19.6. The number of amides is 2. The van der Waals surface area contributed by atoms with Crippen LogP contribution in [0.25, 0.3) is 0 Å². The third-order valence-electron chi connectivity index (χ3n) is 4.20. The number of nitrogens with one attached hydrogen (secondary N) is 1. The van der Waals surface area contributed by atoms with Gasteiger partial charge in [0.1, 0.15) is 5.75 Å². The molecule has 2 rings (SSSR count). The smallest absolute Gasteiger partial charge is 0.255 e. The highest BCUT2D eigenvalue weighted by molar-refractivity contribution is 6.04. The van der Waals surface area contributed by atoms with Crippen molar-refractivity contribution in [3.8, 4) is 5.75 Å². The van der Waals surface area contributed by atoms with Crippen molar-refractivity contribution < 1.29 is 14.3 Å². The number of hydrogen-bond acceptors (Lipinski definition) is 3. The van der Waals surface area contributed by atoms with E-state index in [1.165, 1.54) is 0 Å². The maximum absolute atomic E-state index is 12.4. The Morgan fingerprint density at radius 2 is 1.63 bits per heavy atom. The molecule has 0 saturated carbocycles. The normalized spacial score (nSPS) is 10.3. The summed E-state index contributed by atoms with van der Waals surface area (Å²) in [5, 5.41) is 2.87. The van der Waals surface area contributed by atoms with Gasteiger partial charge in [-0.25, -0.2) is 0 Å². The quantitative estimate of drug-likeness (QED) is 0.677. The van der Waals surface area contributed by atoms with Crippen LogP contribution < -0.4 is 10.1 Å². The van der Waals surface area contributed by atoms with E-state index in [0.29, 0.717) is 24.3 Å². The summed E-state index contributed by atoms with van der Waals surface area (Å²) >= 11 is 0. The van der Waals surface area contributed by atoms with Gasteiger partial charge in [-0.3, -0.25) is 9.59 Å². The molecular weight excluding hydrogens is 340 g/mol. The van der Waals surface area contributed by atoms with Crippen molar-refractivity contribution in [2.24, 2.45) is 0 Å². The Balaban J connectivity index is 1.88. The molecule has 0 unspecified atom stereocenters. The summed E-state index contributed by atoms with van der Waals surface area (Å²) in [5.41, 5.74) is 2.18. The lowest BCUT2D eigenvalue weighted by Crippen LogP contribution is -2.23. The fourth-order valence-electron chi connectivity index (χ4n) is 2.49. The molecule has 0 atom stereocenters. The predicted molar refractivity (Wildman–Crippen MR) is 108 cm³/mol. The third-order valence-corrected chi connectivity index (χ3v) is 4.20. The molecule has 0 aliphatic heterocycles. The minimum absolute atomic E-state index is 0.0452. The SMILES string of the molecule is CCCCCOc1ccc(C(=O)Nc2ccc(CC(=O)N(C)C)cc2)cc1. The van der Waals surface area contributed by atoms with E-state index in [9.17, 15) is 9.59 Å². The number of likely N-dealkylation sites (N-methyl/N-ethyl adjacent to an activating group) is 1. The lowest BCUT2D eigenvalue weighted by Gasteiger charge is -2.11. The van der Waals surface area contributed by atoms with Crippen LogP contribution in [0.15, 0.2) is 48.5 Å². The topological polar surface area (TPSA) is 58.6 Å². The number of carbonyl (C=O) groups is 2. The number of hydrogen-bond donors (Lipinski definition) is 1. The number of benzene rings is 2. The first-order valence-electron chi connectivity index (χ1n) is 9.33. The molecule has 144 valence electrons. The lowest BCUT2D eigenvalue weighted by molar-refractivity contribution is -0.127. The van der Waals surface area contributed by atoms with Gasteiger partial charge in [-0.2, -0.15) is 0 Å². The molecule has 0 aliphatic rings. The zero-order valence-electron chi connectivity index (χ0n) is 16.3. The van der Waals surface area contributed by atoms with Gasteiger partial charge in [0.25, 0.3) is 5.91 Å². The van der Waals surface area contributed by atoms with E-state index in [4.69, 9.17) is 4.74 Å². The van der Waals surface area contributed by atoms with Gasteiger partial charge in [0.15, 0.2) is 0 Å². The van der Waals surface area contributed by atoms with Crippen LogP contribution in [0.1, 0.15) is 42.1 Å². The molecule has 0 aromatic heterocycles. The summed E-state index contributed by atoms with van der Waals surface area (Å²) < 4.78 is 5.66. The molecule has 2 aromatic carbocycles. The van der Waals surface area contributed by atoms with Crippen molar-refractivity contribution in [3.05, 3.63) is 59.7 Å². The molecule has 0 bridgehead atoms. The third kappa shape index (κ3) is 6.77. The number of anilines is 1. The molecule has 0 fully saturated rings. The Morgan fingerprint density at radius 3 is 2.22 bits per heavy atom. The van der Waals surface area contributed by atoms with Crippen molar-refractivity contribution in [2.75, 3.05) is 26.0 Å². The highest BCUT2D eigenvalue weighted by atomic mass is 16.5. The van der Waals surface area contributed by atoms with Crippen molar-refractivity contribution in [1.82, 2.24) is 4.90 Å². The molecule has 5 heteroatoms. The second kappa shape index (κ2) is 10.4. The highest BCUT2D eigenvalue weighted by Gasteiger charge is 2.08. The summed E-state index contributed by atoms with van der Waals surface area (Å²) in [6, 6.07) is 14.5. The summed E-state index contributed by atoms with van der Waals surface area (Å²) in [7, 11) is 3.47. The van der Waals surface area contributed by atoms with Gasteiger partial charge in [0.2, 0.25) is 5.91 Å². The van der Waals surface area contributed by atoms with Gasteiger partial charge >= 0.3 is 0 Å². The maximum Gasteiger partial charge on any atom is 0.255 e. The van der Waals surface area contributed by atoms with Crippen molar-refractivity contribution in [2.45, 2.75) is 32.6 Å². The second-order valence-corrected chi connectivity index (χ2v) is 6.70. The number of rotatable bonds is 9. The average Bonchev–Trinajstić information content (AvgIpc) is 2.67. The molecule has 27 heavy (non-hydrogen) atoms. The van der Waals surface area contributed by atoms with E-state index >= 15 is 0 Å². The fraction of sp³-hybridized carbons (Fsp3) is 0.364.